The molecule has 1 saturated carbocycles. The van der Waals surface area contributed by atoms with Crippen molar-refractivity contribution in [3.63, 3.8) is 0 Å². The molecular formula is C12H22N2O. The van der Waals surface area contributed by atoms with Crippen molar-refractivity contribution in [2.24, 2.45) is 5.92 Å². The molecule has 0 aromatic carbocycles. The van der Waals surface area contributed by atoms with Crippen LogP contribution in [0.1, 0.15) is 44.9 Å². The molecule has 0 aromatic heterocycles. The first-order valence-electron chi connectivity index (χ1n) is 6.37. The second-order valence-electron chi connectivity index (χ2n) is 4.88. The van der Waals surface area contributed by atoms with Gasteiger partial charge < -0.3 is 10.6 Å². The van der Waals surface area contributed by atoms with E-state index in [2.05, 4.69) is 10.6 Å². The maximum absolute atomic E-state index is 11.6. The third-order valence-corrected chi connectivity index (χ3v) is 3.41. The van der Waals surface area contributed by atoms with Crippen molar-refractivity contribution in [3.8, 4) is 0 Å². The van der Waals surface area contributed by atoms with E-state index in [-0.39, 0.29) is 11.9 Å². The van der Waals surface area contributed by atoms with Gasteiger partial charge in [0.15, 0.2) is 0 Å². The Bertz CT molecular complexity index is 214. The Labute approximate surface area is 92.0 Å². The molecule has 1 heterocycles. The van der Waals surface area contributed by atoms with Crippen LogP contribution in [0.2, 0.25) is 0 Å². The molecule has 1 unspecified atom stereocenters. The van der Waals surface area contributed by atoms with Crippen molar-refractivity contribution < 1.29 is 4.79 Å². The Morgan fingerprint density at radius 3 is 2.93 bits per heavy atom. The van der Waals surface area contributed by atoms with Crippen molar-refractivity contribution in [1.82, 2.24) is 10.6 Å². The quantitative estimate of drug-likeness (QED) is 0.674. The standard InChI is InChI=1S/C12H22N2O/c15-12-11(5-1-2-8-14-12)13-9-3-4-10-6-7-10/h10-11,13H,1-9H2,(H,14,15). The summed E-state index contributed by atoms with van der Waals surface area (Å²) < 4.78 is 0. The molecule has 15 heavy (non-hydrogen) atoms. The normalized spacial score (nSPS) is 27.2. The van der Waals surface area contributed by atoms with Gasteiger partial charge in [0.05, 0.1) is 6.04 Å². The van der Waals surface area contributed by atoms with Gasteiger partial charge in [-0.2, -0.15) is 0 Å². The lowest BCUT2D eigenvalue weighted by Gasteiger charge is -2.14. The second-order valence-corrected chi connectivity index (χ2v) is 4.88. The number of hydrogen-bond donors (Lipinski definition) is 2. The molecule has 86 valence electrons. The highest BCUT2D eigenvalue weighted by molar-refractivity contribution is 5.81. The molecular weight excluding hydrogens is 188 g/mol. The summed E-state index contributed by atoms with van der Waals surface area (Å²) in [6, 6.07) is 0.0757. The number of hydrogen-bond acceptors (Lipinski definition) is 2. The first-order chi connectivity index (χ1) is 7.36. The van der Waals surface area contributed by atoms with Gasteiger partial charge in [-0.3, -0.25) is 4.79 Å². The van der Waals surface area contributed by atoms with Gasteiger partial charge in [-0.15, -0.1) is 0 Å². The van der Waals surface area contributed by atoms with Crippen molar-refractivity contribution in [1.29, 1.82) is 0 Å². The number of rotatable bonds is 5. The van der Waals surface area contributed by atoms with Gasteiger partial charge in [0.2, 0.25) is 5.91 Å². The highest BCUT2D eigenvalue weighted by Gasteiger charge is 2.22. The smallest absolute Gasteiger partial charge is 0.237 e. The van der Waals surface area contributed by atoms with Crippen LogP contribution in [0.15, 0.2) is 0 Å². The van der Waals surface area contributed by atoms with E-state index < -0.39 is 0 Å². The average molecular weight is 210 g/mol. The van der Waals surface area contributed by atoms with E-state index in [1.165, 1.54) is 32.1 Å². The van der Waals surface area contributed by atoms with Gasteiger partial charge in [0, 0.05) is 6.54 Å². The fraction of sp³-hybridized carbons (Fsp3) is 0.917. The van der Waals surface area contributed by atoms with Crippen molar-refractivity contribution in [2.45, 2.75) is 51.0 Å². The molecule has 1 saturated heterocycles. The molecule has 2 aliphatic rings. The zero-order chi connectivity index (χ0) is 10.5. The first kappa shape index (κ1) is 10.9. The SMILES string of the molecule is O=C1NCCCCC1NCCCC1CC1. The molecule has 1 aliphatic carbocycles. The van der Waals surface area contributed by atoms with Gasteiger partial charge >= 0.3 is 0 Å². The molecule has 3 heteroatoms. The number of carbonyl (C=O) groups is 1. The Hall–Kier alpha value is -0.570. The van der Waals surface area contributed by atoms with Crippen LogP contribution in [0.3, 0.4) is 0 Å². The Morgan fingerprint density at radius 2 is 2.13 bits per heavy atom. The molecule has 0 spiro atoms. The number of nitrogens with one attached hydrogen (secondary N) is 2. The minimum Gasteiger partial charge on any atom is -0.355 e. The Morgan fingerprint density at radius 1 is 1.27 bits per heavy atom. The number of carbonyl (C=O) groups excluding carboxylic acids is 1. The van der Waals surface area contributed by atoms with E-state index in [0.29, 0.717) is 0 Å². The molecule has 0 radical (unpaired) electrons. The van der Waals surface area contributed by atoms with Crippen LogP contribution < -0.4 is 10.6 Å². The molecule has 2 rings (SSSR count). The lowest BCUT2D eigenvalue weighted by molar-refractivity contribution is -0.122. The van der Waals surface area contributed by atoms with Crippen LogP contribution in [-0.4, -0.2) is 25.0 Å². The Kier molecular flexibility index (Phi) is 4.01. The van der Waals surface area contributed by atoms with Gasteiger partial charge in [0.1, 0.15) is 0 Å². The highest BCUT2D eigenvalue weighted by Crippen LogP contribution is 2.33. The first-order valence-corrected chi connectivity index (χ1v) is 6.37. The zero-order valence-corrected chi connectivity index (χ0v) is 9.43. The summed E-state index contributed by atoms with van der Waals surface area (Å²) >= 11 is 0. The van der Waals surface area contributed by atoms with E-state index in [0.717, 1.165) is 31.8 Å². The predicted molar refractivity (Wildman–Crippen MR) is 60.6 cm³/mol. The Balaban J connectivity index is 1.60. The van der Waals surface area contributed by atoms with Crippen LogP contribution >= 0.6 is 0 Å². The lowest BCUT2D eigenvalue weighted by atomic mass is 10.1. The zero-order valence-electron chi connectivity index (χ0n) is 9.43. The molecule has 2 N–H and O–H groups in total. The minimum atomic E-state index is 0.0757. The fourth-order valence-corrected chi connectivity index (χ4v) is 2.21. The van der Waals surface area contributed by atoms with E-state index in [1.54, 1.807) is 0 Å². The largest absolute Gasteiger partial charge is 0.355 e. The van der Waals surface area contributed by atoms with Gasteiger partial charge in [-0.1, -0.05) is 12.8 Å². The lowest BCUT2D eigenvalue weighted by Crippen LogP contribution is -2.43. The summed E-state index contributed by atoms with van der Waals surface area (Å²) in [5, 5.41) is 6.34. The molecule has 1 amide bonds. The van der Waals surface area contributed by atoms with Gasteiger partial charge in [-0.25, -0.2) is 0 Å². The summed E-state index contributed by atoms with van der Waals surface area (Å²) in [6.07, 6.45) is 8.75. The molecule has 1 atom stereocenters. The fourth-order valence-electron chi connectivity index (χ4n) is 2.21. The van der Waals surface area contributed by atoms with Crippen LogP contribution in [0.5, 0.6) is 0 Å². The van der Waals surface area contributed by atoms with Crippen LogP contribution in [0, 0.1) is 5.92 Å². The van der Waals surface area contributed by atoms with E-state index >= 15 is 0 Å². The van der Waals surface area contributed by atoms with E-state index in [9.17, 15) is 4.79 Å². The van der Waals surface area contributed by atoms with Crippen molar-refractivity contribution in [3.05, 3.63) is 0 Å². The summed E-state index contributed by atoms with van der Waals surface area (Å²) in [4.78, 5) is 11.6. The summed E-state index contributed by atoms with van der Waals surface area (Å²) in [5.74, 6) is 1.22. The summed E-state index contributed by atoms with van der Waals surface area (Å²) in [5.41, 5.74) is 0. The van der Waals surface area contributed by atoms with Crippen LogP contribution in [0.25, 0.3) is 0 Å². The highest BCUT2D eigenvalue weighted by atomic mass is 16.2. The average Bonchev–Trinajstić information content (AvgIpc) is 3.03. The summed E-state index contributed by atoms with van der Waals surface area (Å²) in [6.45, 7) is 1.87. The predicted octanol–water partition coefficient (Wildman–Crippen LogP) is 1.43. The summed E-state index contributed by atoms with van der Waals surface area (Å²) in [7, 11) is 0. The molecule has 1 aliphatic heterocycles. The second kappa shape index (κ2) is 5.50. The van der Waals surface area contributed by atoms with E-state index in [1.807, 2.05) is 0 Å². The third kappa shape index (κ3) is 3.82. The van der Waals surface area contributed by atoms with Crippen molar-refractivity contribution in [2.75, 3.05) is 13.1 Å². The monoisotopic (exact) mass is 210 g/mol. The molecule has 3 nitrogen and oxygen atoms in total. The van der Waals surface area contributed by atoms with Crippen molar-refractivity contribution >= 4 is 5.91 Å². The van der Waals surface area contributed by atoms with Crippen LogP contribution in [0.4, 0.5) is 0 Å². The minimum absolute atomic E-state index is 0.0757. The van der Waals surface area contributed by atoms with Gasteiger partial charge in [0.25, 0.3) is 0 Å². The van der Waals surface area contributed by atoms with Crippen LogP contribution in [-0.2, 0) is 4.79 Å². The van der Waals surface area contributed by atoms with E-state index in [4.69, 9.17) is 0 Å². The number of amides is 1. The third-order valence-electron chi connectivity index (χ3n) is 3.41. The molecule has 2 fully saturated rings. The van der Waals surface area contributed by atoms with Gasteiger partial charge in [-0.05, 0) is 44.6 Å². The molecule has 0 bridgehead atoms. The maximum Gasteiger partial charge on any atom is 0.237 e. The molecule has 0 aromatic rings. The topological polar surface area (TPSA) is 41.1 Å². The maximum atomic E-state index is 11.6.